The summed E-state index contributed by atoms with van der Waals surface area (Å²) in [7, 11) is -2.11. The molecule has 1 fully saturated rings. The number of hydrogen-bond acceptors (Lipinski definition) is 4. The zero-order chi connectivity index (χ0) is 21.8. The number of piperazine rings is 1. The van der Waals surface area contributed by atoms with Gasteiger partial charge in [-0.05, 0) is 35.7 Å². The van der Waals surface area contributed by atoms with E-state index in [0.717, 1.165) is 5.56 Å². The molecule has 1 aliphatic rings. The predicted molar refractivity (Wildman–Crippen MR) is 123 cm³/mol. The Kier molecular flexibility index (Phi) is 6.41. The smallest absolute Gasteiger partial charge is 0.246 e. The third-order valence-electron chi connectivity index (χ3n) is 5.81. The van der Waals surface area contributed by atoms with E-state index in [1.54, 1.807) is 16.4 Å². The molecule has 0 atom stereocenters. The largest absolute Gasteiger partial charge is 0.495 e. The highest BCUT2D eigenvalue weighted by Gasteiger charge is 2.33. The standard InChI is InChI=1S/C25H28N2O3S/c1-20-13-14-24(23(19-20)30-2)31(28,29)27-17-15-26(16-18-27)25(21-9-5-3-6-10-21)22-11-7-4-8-12-22/h3-14,19,25H,15-18H2,1-2H3. The summed E-state index contributed by atoms with van der Waals surface area (Å²) in [6, 6.07) is 26.1. The molecule has 0 radical (unpaired) electrons. The van der Waals surface area contributed by atoms with E-state index >= 15 is 0 Å². The van der Waals surface area contributed by atoms with Crippen molar-refractivity contribution in [2.45, 2.75) is 17.9 Å². The molecule has 162 valence electrons. The molecule has 0 bridgehead atoms. The minimum absolute atomic E-state index is 0.0983. The van der Waals surface area contributed by atoms with Gasteiger partial charge in [-0.2, -0.15) is 4.31 Å². The summed E-state index contributed by atoms with van der Waals surface area (Å²) in [5, 5.41) is 0. The van der Waals surface area contributed by atoms with E-state index in [0.29, 0.717) is 31.9 Å². The average Bonchev–Trinajstić information content (AvgIpc) is 2.81. The van der Waals surface area contributed by atoms with Gasteiger partial charge in [0.1, 0.15) is 10.6 Å². The zero-order valence-corrected chi connectivity index (χ0v) is 18.8. The van der Waals surface area contributed by atoms with Crippen molar-refractivity contribution in [2.24, 2.45) is 0 Å². The molecule has 0 spiro atoms. The Hall–Kier alpha value is -2.67. The van der Waals surface area contributed by atoms with Crippen LogP contribution in [0.25, 0.3) is 0 Å². The molecule has 5 nitrogen and oxygen atoms in total. The normalized spacial score (nSPS) is 15.8. The molecule has 4 rings (SSSR count). The average molecular weight is 437 g/mol. The van der Waals surface area contributed by atoms with E-state index in [-0.39, 0.29) is 10.9 Å². The quantitative estimate of drug-likeness (QED) is 0.584. The summed E-state index contributed by atoms with van der Waals surface area (Å²) < 4.78 is 33.6. The van der Waals surface area contributed by atoms with Gasteiger partial charge in [0, 0.05) is 26.2 Å². The second-order valence-corrected chi connectivity index (χ2v) is 9.72. The van der Waals surface area contributed by atoms with Gasteiger partial charge in [-0.15, -0.1) is 0 Å². The van der Waals surface area contributed by atoms with Gasteiger partial charge in [0.15, 0.2) is 0 Å². The third kappa shape index (κ3) is 4.51. The maximum Gasteiger partial charge on any atom is 0.246 e. The Bertz CT molecular complexity index is 1070. The Balaban J connectivity index is 1.57. The van der Waals surface area contributed by atoms with Gasteiger partial charge in [-0.1, -0.05) is 66.7 Å². The number of rotatable bonds is 6. The van der Waals surface area contributed by atoms with E-state index in [9.17, 15) is 8.42 Å². The maximum atomic E-state index is 13.3. The highest BCUT2D eigenvalue weighted by molar-refractivity contribution is 7.89. The van der Waals surface area contributed by atoms with Crippen LogP contribution in [0.5, 0.6) is 5.75 Å². The molecule has 0 aliphatic carbocycles. The van der Waals surface area contributed by atoms with Crippen molar-refractivity contribution in [3.05, 3.63) is 95.6 Å². The molecule has 0 aromatic heterocycles. The lowest BCUT2D eigenvalue weighted by Crippen LogP contribution is -2.49. The van der Waals surface area contributed by atoms with Crippen molar-refractivity contribution in [1.29, 1.82) is 0 Å². The summed E-state index contributed by atoms with van der Waals surface area (Å²) in [6.45, 7) is 4.11. The molecule has 0 amide bonds. The maximum absolute atomic E-state index is 13.3. The fraction of sp³-hybridized carbons (Fsp3) is 0.280. The van der Waals surface area contributed by atoms with Crippen LogP contribution in [-0.4, -0.2) is 50.9 Å². The van der Waals surface area contributed by atoms with Gasteiger partial charge in [0.2, 0.25) is 10.0 Å². The highest BCUT2D eigenvalue weighted by Crippen LogP contribution is 2.32. The third-order valence-corrected chi connectivity index (χ3v) is 7.74. The number of methoxy groups -OCH3 is 1. The molecule has 3 aromatic carbocycles. The Morgan fingerprint density at radius 3 is 1.87 bits per heavy atom. The number of aryl methyl sites for hydroxylation is 1. The van der Waals surface area contributed by atoms with Crippen LogP contribution < -0.4 is 4.74 Å². The minimum Gasteiger partial charge on any atom is -0.495 e. The molecule has 1 aliphatic heterocycles. The molecular weight excluding hydrogens is 408 g/mol. The minimum atomic E-state index is -3.62. The fourth-order valence-electron chi connectivity index (χ4n) is 4.21. The van der Waals surface area contributed by atoms with Crippen molar-refractivity contribution < 1.29 is 13.2 Å². The first kappa shape index (κ1) is 21.6. The second kappa shape index (κ2) is 9.22. The Morgan fingerprint density at radius 2 is 1.35 bits per heavy atom. The molecule has 1 heterocycles. The first-order chi connectivity index (χ1) is 15.0. The van der Waals surface area contributed by atoms with Crippen molar-refractivity contribution in [1.82, 2.24) is 9.21 Å². The number of benzene rings is 3. The van der Waals surface area contributed by atoms with Gasteiger partial charge in [-0.25, -0.2) is 8.42 Å². The van der Waals surface area contributed by atoms with Gasteiger partial charge < -0.3 is 4.74 Å². The van der Waals surface area contributed by atoms with Gasteiger partial charge in [0.05, 0.1) is 13.2 Å². The first-order valence-electron chi connectivity index (χ1n) is 10.5. The van der Waals surface area contributed by atoms with Crippen molar-refractivity contribution in [3.63, 3.8) is 0 Å². The lowest BCUT2D eigenvalue weighted by atomic mass is 9.96. The predicted octanol–water partition coefficient (Wildman–Crippen LogP) is 4.10. The summed E-state index contributed by atoms with van der Waals surface area (Å²) in [5.41, 5.74) is 3.39. The number of sulfonamides is 1. The second-order valence-electron chi connectivity index (χ2n) is 7.82. The van der Waals surface area contributed by atoms with Crippen molar-refractivity contribution in [2.75, 3.05) is 33.3 Å². The summed E-state index contributed by atoms with van der Waals surface area (Å²) in [4.78, 5) is 2.60. The molecule has 3 aromatic rings. The molecule has 0 N–H and O–H groups in total. The molecule has 31 heavy (non-hydrogen) atoms. The number of hydrogen-bond donors (Lipinski definition) is 0. The Morgan fingerprint density at radius 1 is 0.806 bits per heavy atom. The van der Waals surface area contributed by atoms with E-state index < -0.39 is 10.0 Å². The topological polar surface area (TPSA) is 49.9 Å². The lowest BCUT2D eigenvalue weighted by molar-refractivity contribution is 0.155. The van der Waals surface area contributed by atoms with Gasteiger partial charge >= 0.3 is 0 Å². The van der Waals surface area contributed by atoms with Crippen LogP contribution in [0.2, 0.25) is 0 Å². The monoisotopic (exact) mass is 436 g/mol. The molecule has 1 saturated heterocycles. The summed E-state index contributed by atoms with van der Waals surface area (Å²) in [6.07, 6.45) is 0. The van der Waals surface area contributed by atoms with Crippen LogP contribution in [0.4, 0.5) is 0 Å². The molecular formula is C25H28N2O3S. The molecule has 0 saturated carbocycles. The van der Waals surface area contributed by atoms with Crippen LogP contribution in [0, 0.1) is 6.92 Å². The lowest BCUT2D eigenvalue weighted by Gasteiger charge is -2.39. The van der Waals surface area contributed by atoms with E-state index in [1.807, 2.05) is 25.1 Å². The van der Waals surface area contributed by atoms with E-state index in [4.69, 9.17) is 4.74 Å². The van der Waals surface area contributed by atoms with Crippen LogP contribution >= 0.6 is 0 Å². The summed E-state index contributed by atoms with van der Waals surface area (Å²) in [5.74, 6) is 0.397. The van der Waals surface area contributed by atoms with Gasteiger partial charge in [-0.3, -0.25) is 4.90 Å². The first-order valence-corrected chi connectivity index (χ1v) is 11.9. The van der Waals surface area contributed by atoms with Crippen molar-refractivity contribution >= 4 is 10.0 Å². The number of nitrogens with zero attached hydrogens (tertiary/aromatic N) is 2. The van der Waals surface area contributed by atoms with Crippen LogP contribution in [0.3, 0.4) is 0 Å². The van der Waals surface area contributed by atoms with Crippen LogP contribution in [-0.2, 0) is 10.0 Å². The summed E-state index contributed by atoms with van der Waals surface area (Å²) >= 11 is 0. The Labute approximate surface area is 184 Å². The highest BCUT2D eigenvalue weighted by atomic mass is 32.2. The van der Waals surface area contributed by atoms with E-state index in [2.05, 4.69) is 53.4 Å². The SMILES string of the molecule is COc1cc(C)ccc1S(=O)(=O)N1CCN(C(c2ccccc2)c2ccccc2)CC1. The van der Waals surface area contributed by atoms with Crippen LogP contribution in [0.1, 0.15) is 22.7 Å². The molecule has 6 heteroatoms. The number of ether oxygens (including phenoxy) is 1. The molecule has 0 unspecified atom stereocenters. The van der Waals surface area contributed by atoms with Crippen molar-refractivity contribution in [3.8, 4) is 5.75 Å². The van der Waals surface area contributed by atoms with E-state index in [1.165, 1.54) is 18.2 Å². The fourth-order valence-corrected chi connectivity index (χ4v) is 5.77. The zero-order valence-electron chi connectivity index (χ0n) is 17.9. The van der Waals surface area contributed by atoms with Gasteiger partial charge in [0.25, 0.3) is 0 Å². The van der Waals surface area contributed by atoms with Crippen LogP contribution in [0.15, 0.2) is 83.8 Å².